The standard InChI is InChI=1S/C23H25N5O4/c1-14-11-15(2)28(23(32)19(14)12-24)13-20(29)26-18-5-3-17(4-6-18)22(31)27-9-7-16(8-10-27)21(25)30/h3-6,11,16H,7-10,13H2,1-2H3,(H2,25,30)(H,26,29). The van der Waals surface area contributed by atoms with Crippen LogP contribution in [0.25, 0.3) is 0 Å². The highest BCUT2D eigenvalue weighted by atomic mass is 16.2. The summed E-state index contributed by atoms with van der Waals surface area (Å²) in [6.07, 6.45) is 1.11. The van der Waals surface area contributed by atoms with E-state index in [-0.39, 0.29) is 29.8 Å². The summed E-state index contributed by atoms with van der Waals surface area (Å²) in [6.45, 7) is 4.10. The normalized spacial score (nSPS) is 14.0. The molecule has 166 valence electrons. The lowest BCUT2D eigenvalue weighted by atomic mass is 9.96. The molecule has 32 heavy (non-hydrogen) atoms. The summed E-state index contributed by atoms with van der Waals surface area (Å²) >= 11 is 0. The van der Waals surface area contributed by atoms with Gasteiger partial charge in [-0.25, -0.2) is 0 Å². The van der Waals surface area contributed by atoms with Crippen molar-refractivity contribution in [2.45, 2.75) is 33.2 Å². The van der Waals surface area contributed by atoms with Crippen LogP contribution in [-0.2, 0) is 16.1 Å². The van der Waals surface area contributed by atoms with Gasteiger partial charge in [-0.05, 0) is 62.6 Å². The number of hydrogen-bond donors (Lipinski definition) is 2. The number of benzene rings is 1. The van der Waals surface area contributed by atoms with Gasteiger partial charge in [0.25, 0.3) is 11.5 Å². The third-order valence-electron chi connectivity index (χ3n) is 5.72. The lowest BCUT2D eigenvalue weighted by Crippen LogP contribution is -2.41. The van der Waals surface area contributed by atoms with Crippen molar-refractivity contribution in [3.63, 3.8) is 0 Å². The number of primary amides is 1. The van der Waals surface area contributed by atoms with Gasteiger partial charge in [-0.3, -0.25) is 19.2 Å². The number of hydrogen-bond acceptors (Lipinski definition) is 5. The molecule has 1 aromatic carbocycles. The van der Waals surface area contributed by atoms with Crippen LogP contribution < -0.4 is 16.6 Å². The highest BCUT2D eigenvalue weighted by Gasteiger charge is 2.26. The fraction of sp³-hybridized carbons (Fsp3) is 0.348. The monoisotopic (exact) mass is 435 g/mol. The van der Waals surface area contributed by atoms with Crippen LogP contribution in [0.3, 0.4) is 0 Å². The summed E-state index contributed by atoms with van der Waals surface area (Å²) in [5, 5.41) is 11.9. The van der Waals surface area contributed by atoms with E-state index in [1.807, 2.05) is 6.07 Å². The van der Waals surface area contributed by atoms with Crippen molar-refractivity contribution in [1.82, 2.24) is 9.47 Å². The second-order valence-electron chi connectivity index (χ2n) is 7.94. The number of piperidine rings is 1. The molecule has 0 radical (unpaired) electrons. The molecule has 1 aliphatic heterocycles. The molecule has 0 saturated carbocycles. The van der Waals surface area contributed by atoms with Gasteiger partial charge in [0.15, 0.2) is 0 Å². The Hall–Kier alpha value is -3.93. The first kappa shape index (κ1) is 22.7. The van der Waals surface area contributed by atoms with Crippen LogP contribution in [0.1, 0.15) is 40.0 Å². The summed E-state index contributed by atoms with van der Waals surface area (Å²) in [7, 11) is 0. The molecule has 1 saturated heterocycles. The smallest absolute Gasteiger partial charge is 0.269 e. The minimum absolute atomic E-state index is 0.0196. The molecule has 0 atom stereocenters. The summed E-state index contributed by atoms with van der Waals surface area (Å²) < 4.78 is 1.26. The number of nitriles is 1. The number of nitrogens with one attached hydrogen (secondary N) is 1. The van der Waals surface area contributed by atoms with Gasteiger partial charge in [0.1, 0.15) is 18.2 Å². The van der Waals surface area contributed by atoms with Gasteiger partial charge in [-0.15, -0.1) is 0 Å². The summed E-state index contributed by atoms with van der Waals surface area (Å²) in [6, 6.07) is 10.1. The maximum atomic E-state index is 12.7. The van der Waals surface area contributed by atoms with Crippen molar-refractivity contribution in [1.29, 1.82) is 5.26 Å². The Balaban J connectivity index is 1.63. The molecule has 9 nitrogen and oxygen atoms in total. The molecule has 2 heterocycles. The minimum atomic E-state index is -0.499. The second-order valence-corrected chi connectivity index (χ2v) is 7.94. The summed E-state index contributed by atoms with van der Waals surface area (Å²) in [4.78, 5) is 50.5. The fourth-order valence-corrected chi connectivity index (χ4v) is 3.85. The molecule has 1 aliphatic rings. The zero-order valence-electron chi connectivity index (χ0n) is 18.1. The number of nitrogens with two attached hydrogens (primary N) is 1. The first-order valence-corrected chi connectivity index (χ1v) is 10.3. The first-order chi connectivity index (χ1) is 15.2. The Kier molecular flexibility index (Phi) is 6.73. The average Bonchev–Trinajstić information content (AvgIpc) is 2.77. The van der Waals surface area contributed by atoms with E-state index < -0.39 is 11.5 Å². The van der Waals surface area contributed by atoms with E-state index in [1.165, 1.54) is 4.57 Å². The fourth-order valence-electron chi connectivity index (χ4n) is 3.85. The number of carbonyl (C=O) groups is 3. The Bertz CT molecular complexity index is 1150. The van der Waals surface area contributed by atoms with Crippen molar-refractivity contribution < 1.29 is 14.4 Å². The number of amides is 3. The van der Waals surface area contributed by atoms with Crippen LogP contribution in [0.4, 0.5) is 5.69 Å². The van der Waals surface area contributed by atoms with Gasteiger partial charge in [0.05, 0.1) is 0 Å². The number of carbonyl (C=O) groups excluding carboxylic acids is 3. The molecule has 0 unspecified atom stereocenters. The van der Waals surface area contributed by atoms with Crippen molar-refractivity contribution in [2.75, 3.05) is 18.4 Å². The molecule has 1 aromatic heterocycles. The predicted molar refractivity (Wildman–Crippen MR) is 118 cm³/mol. The van der Waals surface area contributed by atoms with E-state index in [4.69, 9.17) is 5.73 Å². The topological polar surface area (TPSA) is 138 Å². The number of pyridine rings is 1. The number of nitrogens with zero attached hydrogens (tertiary/aromatic N) is 3. The quantitative estimate of drug-likeness (QED) is 0.729. The van der Waals surface area contributed by atoms with Crippen LogP contribution in [0.5, 0.6) is 0 Å². The van der Waals surface area contributed by atoms with E-state index >= 15 is 0 Å². The molecule has 3 N–H and O–H groups in total. The van der Waals surface area contributed by atoms with Crippen molar-refractivity contribution in [3.8, 4) is 6.07 Å². The van der Waals surface area contributed by atoms with E-state index in [2.05, 4.69) is 5.32 Å². The van der Waals surface area contributed by atoms with E-state index in [0.717, 1.165) is 0 Å². The number of aromatic nitrogens is 1. The lowest BCUT2D eigenvalue weighted by molar-refractivity contribution is -0.123. The largest absolute Gasteiger partial charge is 0.369 e. The molecule has 0 bridgehead atoms. The first-order valence-electron chi connectivity index (χ1n) is 10.3. The average molecular weight is 435 g/mol. The molecule has 1 fully saturated rings. The van der Waals surface area contributed by atoms with Crippen LogP contribution in [0, 0.1) is 31.1 Å². The highest BCUT2D eigenvalue weighted by Crippen LogP contribution is 2.19. The maximum Gasteiger partial charge on any atom is 0.269 e. The van der Waals surface area contributed by atoms with Crippen LogP contribution >= 0.6 is 0 Å². The van der Waals surface area contributed by atoms with Gasteiger partial charge < -0.3 is 20.5 Å². The molecule has 9 heteroatoms. The van der Waals surface area contributed by atoms with E-state index in [0.29, 0.717) is 48.4 Å². The predicted octanol–water partition coefficient (Wildman–Crippen LogP) is 1.31. The molecule has 0 spiro atoms. The Morgan fingerprint density at radius 3 is 2.34 bits per heavy atom. The van der Waals surface area contributed by atoms with Gasteiger partial charge in [0.2, 0.25) is 11.8 Å². The van der Waals surface area contributed by atoms with Crippen LogP contribution in [0.2, 0.25) is 0 Å². The van der Waals surface area contributed by atoms with Gasteiger partial charge >= 0.3 is 0 Å². The minimum Gasteiger partial charge on any atom is -0.369 e. The Morgan fingerprint density at radius 1 is 1.16 bits per heavy atom. The number of aryl methyl sites for hydroxylation is 2. The zero-order valence-corrected chi connectivity index (χ0v) is 18.1. The third-order valence-corrected chi connectivity index (χ3v) is 5.72. The number of anilines is 1. The van der Waals surface area contributed by atoms with Crippen molar-refractivity contribution >= 4 is 23.4 Å². The van der Waals surface area contributed by atoms with Crippen LogP contribution in [-0.4, -0.2) is 40.3 Å². The SMILES string of the molecule is Cc1cc(C)n(CC(=O)Nc2ccc(C(=O)N3CCC(C(N)=O)CC3)cc2)c(=O)c1C#N. The van der Waals surface area contributed by atoms with Gasteiger partial charge in [-0.1, -0.05) is 0 Å². The maximum absolute atomic E-state index is 12.7. The summed E-state index contributed by atoms with van der Waals surface area (Å²) in [5.74, 6) is -1.08. The lowest BCUT2D eigenvalue weighted by Gasteiger charge is -2.30. The second kappa shape index (κ2) is 9.47. The molecular weight excluding hydrogens is 410 g/mol. The van der Waals surface area contributed by atoms with Crippen molar-refractivity contribution in [3.05, 3.63) is 63.1 Å². The third kappa shape index (κ3) is 4.86. The molecule has 2 aromatic rings. The molecule has 0 aliphatic carbocycles. The number of likely N-dealkylation sites (tertiary alicyclic amines) is 1. The van der Waals surface area contributed by atoms with Gasteiger partial charge in [0, 0.05) is 36.0 Å². The van der Waals surface area contributed by atoms with E-state index in [1.54, 1.807) is 49.1 Å². The summed E-state index contributed by atoms with van der Waals surface area (Å²) in [5.41, 5.74) is 6.97. The van der Waals surface area contributed by atoms with Gasteiger partial charge in [-0.2, -0.15) is 5.26 Å². The molecular formula is C23H25N5O4. The van der Waals surface area contributed by atoms with Crippen LogP contribution in [0.15, 0.2) is 35.1 Å². The zero-order chi connectivity index (χ0) is 23.4. The van der Waals surface area contributed by atoms with E-state index in [9.17, 15) is 24.4 Å². The molecule has 3 rings (SSSR count). The Morgan fingerprint density at radius 2 is 1.78 bits per heavy atom. The highest BCUT2D eigenvalue weighted by molar-refractivity contribution is 5.96. The van der Waals surface area contributed by atoms with Crippen molar-refractivity contribution in [2.24, 2.45) is 11.7 Å². The Labute approximate surface area is 185 Å². The number of rotatable bonds is 5. The molecule has 3 amide bonds.